The van der Waals surface area contributed by atoms with Crippen molar-refractivity contribution in [2.75, 3.05) is 4.90 Å². The number of hydrogen-bond donors (Lipinski definition) is 1. The summed E-state index contributed by atoms with van der Waals surface area (Å²) >= 11 is 0. The van der Waals surface area contributed by atoms with Crippen molar-refractivity contribution < 1.29 is 14.7 Å². The number of phenolic OH excluding ortho intramolecular Hbond substituents is 1. The van der Waals surface area contributed by atoms with Crippen molar-refractivity contribution in [3.63, 3.8) is 0 Å². The largest absolute Gasteiger partial charge is 0.505 e. The zero-order valence-corrected chi connectivity index (χ0v) is 11.2. The van der Waals surface area contributed by atoms with Crippen molar-refractivity contribution in [1.29, 1.82) is 0 Å². The molecule has 0 saturated carbocycles. The normalized spacial score (nSPS) is 13.8. The van der Waals surface area contributed by atoms with E-state index in [9.17, 15) is 14.7 Å². The van der Waals surface area contributed by atoms with Crippen LogP contribution >= 0.6 is 0 Å². The maximum Gasteiger partial charge on any atom is 0.266 e. The molecule has 0 aromatic heterocycles. The minimum Gasteiger partial charge on any atom is -0.505 e. The van der Waals surface area contributed by atoms with Gasteiger partial charge in [0.05, 0.1) is 16.8 Å². The Morgan fingerprint density at radius 3 is 2.00 bits per heavy atom. The van der Waals surface area contributed by atoms with Crippen LogP contribution in [0, 0.1) is 13.8 Å². The second-order valence-corrected chi connectivity index (χ2v) is 4.87. The molecule has 0 saturated heterocycles. The van der Waals surface area contributed by atoms with Gasteiger partial charge in [0, 0.05) is 0 Å². The highest BCUT2D eigenvalue weighted by Crippen LogP contribution is 2.37. The number of anilines is 1. The van der Waals surface area contributed by atoms with Crippen molar-refractivity contribution in [3.8, 4) is 5.75 Å². The number of aryl methyl sites for hydroxylation is 1. The number of nitrogens with zero attached hydrogens (tertiary/aromatic N) is 1. The molecule has 0 radical (unpaired) electrons. The lowest BCUT2D eigenvalue weighted by molar-refractivity contribution is 0.0925. The fourth-order valence-electron chi connectivity index (χ4n) is 2.38. The molecule has 100 valence electrons. The number of rotatable bonds is 1. The Hall–Kier alpha value is -2.62. The van der Waals surface area contributed by atoms with E-state index < -0.39 is 11.8 Å². The summed E-state index contributed by atoms with van der Waals surface area (Å²) in [6.45, 7) is 3.62. The predicted octanol–water partition coefficient (Wildman–Crippen LogP) is 2.81. The number of carbonyl (C=O) groups excluding carboxylic acids is 2. The molecule has 1 aliphatic rings. The fraction of sp³-hybridized carbons (Fsp3) is 0.125. The highest BCUT2D eigenvalue weighted by molar-refractivity contribution is 6.34. The Bertz CT molecular complexity index is 714. The third-order valence-electron chi connectivity index (χ3n) is 3.72. The van der Waals surface area contributed by atoms with Gasteiger partial charge in [-0.25, -0.2) is 4.90 Å². The predicted molar refractivity (Wildman–Crippen MR) is 75.2 cm³/mol. The van der Waals surface area contributed by atoms with Crippen LogP contribution in [0.15, 0.2) is 36.4 Å². The molecule has 1 heterocycles. The van der Waals surface area contributed by atoms with Crippen LogP contribution in [-0.2, 0) is 0 Å². The third kappa shape index (κ3) is 1.54. The molecule has 2 aromatic carbocycles. The van der Waals surface area contributed by atoms with Gasteiger partial charge in [-0.15, -0.1) is 0 Å². The molecule has 0 spiro atoms. The fourth-order valence-corrected chi connectivity index (χ4v) is 2.38. The van der Waals surface area contributed by atoms with Crippen molar-refractivity contribution >= 4 is 17.5 Å². The van der Waals surface area contributed by atoms with Crippen LogP contribution in [0.5, 0.6) is 5.75 Å². The van der Waals surface area contributed by atoms with Gasteiger partial charge in [0.25, 0.3) is 11.8 Å². The average Bonchev–Trinajstić information content (AvgIpc) is 2.70. The van der Waals surface area contributed by atoms with Gasteiger partial charge in [0.2, 0.25) is 0 Å². The summed E-state index contributed by atoms with van der Waals surface area (Å²) < 4.78 is 0. The quantitative estimate of drug-likeness (QED) is 0.808. The maximum absolute atomic E-state index is 12.4. The number of fused-ring (bicyclic) bond motifs is 1. The Balaban J connectivity index is 2.17. The van der Waals surface area contributed by atoms with E-state index in [2.05, 4.69) is 0 Å². The summed E-state index contributed by atoms with van der Waals surface area (Å²) in [6.07, 6.45) is 0. The minimum atomic E-state index is -0.399. The molecule has 4 nitrogen and oxygen atoms in total. The zero-order chi connectivity index (χ0) is 14.4. The second kappa shape index (κ2) is 4.20. The number of benzene rings is 2. The van der Waals surface area contributed by atoms with Gasteiger partial charge in [0.1, 0.15) is 5.75 Å². The summed E-state index contributed by atoms with van der Waals surface area (Å²) in [7, 11) is 0. The molecule has 2 aromatic rings. The van der Waals surface area contributed by atoms with E-state index >= 15 is 0 Å². The van der Waals surface area contributed by atoms with Gasteiger partial charge < -0.3 is 5.11 Å². The average molecular weight is 267 g/mol. The molecular formula is C16H13NO3. The number of hydrogen-bond acceptors (Lipinski definition) is 3. The number of phenols is 1. The highest BCUT2D eigenvalue weighted by atomic mass is 16.3. The molecular weight excluding hydrogens is 254 g/mol. The zero-order valence-electron chi connectivity index (χ0n) is 11.2. The lowest BCUT2D eigenvalue weighted by Gasteiger charge is -2.17. The Labute approximate surface area is 116 Å². The van der Waals surface area contributed by atoms with E-state index in [1.54, 1.807) is 43.3 Å². The first-order valence-electron chi connectivity index (χ1n) is 6.29. The van der Waals surface area contributed by atoms with E-state index in [-0.39, 0.29) is 11.4 Å². The van der Waals surface area contributed by atoms with Crippen LogP contribution < -0.4 is 4.90 Å². The van der Waals surface area contributed by atoms with E-state index in [0.717, 1.165) is 10.5 Å². The third-order valence-corrected chi connectivity index (χ3v) is 3.72. The number of carbonyl (C=O) groups is 2. The lowest BCUT2D eigenvalue weighted by atomic mass is 10.1. The van der Waals surface area contributed by atoms with Crippen LogP contribution in [0.1, 0.15) is 31.8 Å². The van der Waals surface area contributed by atoms with E-state index in [1.807, 2.05) is 6.92 Å². The van der Waals surface area contributed by atoms with E-state index in [1.165, 1.54) is 0 Å². The van der Waals surface area contributed by atoms with Crippen LogP contribution in [0.3, 0.4) is 0 Å². The second-order valence-electron chi connectivity index (χ2n) is 4.87. The molecule has 20 heavy (non-hydrogen) atoms. The molecule has 0 bridgehead atoms. The number of imide groups is 1. The van der Waals surface area contributed by atoms with Gasteiger partial charge in [-0.2, -0.15) is 0 Å². The maximum atomic E-state index is 12.4. The van der Waals surface area contributed by atoms with E-state index in [0.29, 0.717) is 16.7 Å². The number of aromatic hydroxyl groups is 1. The minimum absolute atomic E-state index is 0.0282. The molecule has 0 atom stereocenters. The molecule has 0 aliphatic carbocycles. The van der Waals surface area contributed by atoms with Gasteiger partial charge in [-0.05, 0) is 43.2 Å². The smallest absolute Gasteiger partial charge is 0.266 e. The van der Waals surface area contributed by atoms with Crippen molar-refractivity contribution in [1.82, 2.24) is 0 Å². The summed E-state index contributed by atoms with van der Waals surface area (Å²) in [6, 6.07) is 10.1. The molecule has 0 fully saturated rings. The molecule has 0 unspecified atom stereocenters. The topological polar surface area (TPSA) is 57.6 Å². The molecule has 4 heteroatoms. The van der Waals surface area contributed by atoms with Gasteiger partial charge in [0.15, 0.2) is 0 Å². The Morgan fingerprint density at radius 1 is 0.900 bits per heavy atom. The molecule has 2 amide bonds. The monoisotopic (exact) mass is 267 g/mol. The van der Waals surface area contributed by atoms with Crippen LogP contribution in [0.2, 0.25) is 0 Å². The first kappa shape index (κ1) is 12.4. The van der Waals surface area contributed by atoms with Crippen molar-refractivity contribution in [2.45, 2.75) is 13.8 Å². The summed E-state index contributed by atoms with van der Waals surface area (Å²) in [5.74, 6) is -0.826. The first-order chi connectivity index (χ1) is 9.52. The van der Waals surface area contributed by atoms with Gasteiger partial charge >= 0.3 is 0 Å². The highest BCUT2D eigenvalue weighted by Gasteiger charge is 2.37. The summed E-state index contributed by atoms with van der Waals surface area (Å²) in [4.78, 5) is 25.7. The lowest BCUT2D eigenvalue weighted by Crippen LogP contribution is -2.29. The van der Waals surface area contributed by atoms with Crippen molar-refractivity contribution in [2.24, 2.45) is 0 Å². The first-order valence-corrected chi connectivity index (χ1v) is 6.29. The van der Waals surface area contributed by atoms with Crippen molar-refractivity contribution in [3.05, 3.63) is 58.7 Å². The standard InChI is InChI=1S/C16H13NO3/c1-9-7-8-13(14(18)10(9)2)17-15(19)11-5-3-4-6-12(11)16(17)20/h3-8,18H,1-2H3. The summed E-state index contributed by atoms with van der Waals surface area (Å²) in [5, 5.41) is 10.2. The van der Waals surface area contributed by atoms with E-state index in [4.69, 9.17) is 0 Å². The molecule has 1 aliphatic heterocycles. The Morgan fingerprint density at radius 2 is 1.45 bits per heavy atom. The van der Waals surface area contributed by atoms with Gasteiger partial charge in [-0.1, -0.05) is 18.2 Å². The van der Waals surface area contributed by atoms with Crippen LogP contribution in [0.25, 0.3) is 0 Å². The molecule has 1 N–H and O–H groups in total. The number of amides is 2. The summed E-state index contributed by atoms with van der Waals surface area (Å²) in [5.41, 5.74) is 2.55. The van der Waals surface area contributed by atoms with Gasteiger partial charge in [-0.3, -0.25) is 9.59 Å². The Kier molecular flexibility index (Phi) is 2.61. The SMILES string of the molecule is Cc1ccc(N2C(=O)c3ccccc3C2=O)c(O)c1C. The van der Waals surface area contributed by atoms with Crippen LogP contribution in [0.4, 0.5) is 5.69 Å². The molecule has 3 rings (SSSR count). The van der Waals surface area contributed by atoms with Crippen LogP contribution in [-0.4, -0.2) is 16.9 Å².